The second-order valence-corrected chi connectivity index (χ2v) is 8.99. The summed E-state index contributed by atoms with van der Waals surface area (Å²) in [5.41, 5.74) is -3.91. The predicted octanol–water partition coefficient (Wildman–Crippen LogP) is 4.15. The first kappa shape index (κ1) is 22.5. The minimum Gasteiger partial charge on any atom is -0.373 e. The lowest BCUT2D eigenvalue weighted by atomic mass is 10.1. The van der Waals surface area contributed by atoms with Gasteiger partial charge in [0.2, 0.25) is 15.4 Å². The second-order valence-electron chi connectivity index (χ2n) is 5.82. The zero-order chi connectivity index (χ0) is 21.3. The molecule has 0 aliphatic heterocycles. The van der Waals surface area contributed by atoms with Crippen LogP contribution in [0.3, 0.4) is 0 Å². The number of amides is 1. The van der Waals surface area contributed by atoms with Gasteiger partial charge in [0.05, 0.1) is 20.5 Å². The molecule has 0 saturated carbocycles. The molecule has 5 nitrogen and oxygen atoms in total. The highest BCUT2D eigenvalue weighted by molar-refractivity contribution is 7.99. The molecule has 28 heavy (non-hydrogen) atoms. The summed E-state index contributed by atoms with van der Waals surface area (Å²) in [6.45, 7) is 0.300. The van der Waals surface area contributed by atoms with Crippen molar-refractivity contribution >= 4 is 44.8 Å². The zero-order valence-corrected chi connectivity index (χ0v) is 16.9. The normalized spacial score (nSPS) is 14.4. The van der Waals surface area contributed by atoms with Crippen LogP contribution in [0.4, 0.5) is 18.9 Å². The smallest absolute Gasteiger partial charge is 0.373 e. The van der Waals surface area contributed by atoms with Gasteiger partial charge in [-0.05, 0) is 43.5 Å². The third kappa shape index (κ3) is 4.29. The van der Waals surface area contributed by atoms with E-state index in [1.54, 1.807) is 24.5 Å². The molecule has 2 aromatic carbocycles. The summed E-state index contributed by atoms with van der Waals surface area (Å²) < 4.78 is 63.9. The Labute approximate surface area is 168 Å². The van der Waals surface area contributed by atoms with Crippen LogP contribution in [0, 0.1) is 0 Å². The van der Waals surface area contributed by atoms with E-state index in [2.05, 4.69) is 0 Å². The maximum absolute atomic E-state index is 12.8. The molecule has 0 spiro atoms. The molecule has 0 aromatic heterocycles. The molecule has 1 unspecified atom stereocenters. The highest BCUT2D eigenvalue weighted by Gasteiger charge is 2.55. The van der Waals surface area contributed by atoms with Crippen molar-refractivity contribution in [2.75, 3.05) is 11.6 Å². The minimum atomic E-state index is -5.20. The molecule has 0 radical (unpaired) electrons. The number of hydrogen-bond donors (Lipinski definition) is 2. The van der Waals surface area contributed by atoms with Crippen LogP contribution in [-0.2, 0) is 14.6 Å². The van der Waals surface area contributed by atoms with Crippen LogP contribution in [0.2, 0.25) is 5.02 Å². The van der Waals surface area contributed by atoms with Crippen LogP contribution >= 0.6 is 23.4 Å². The number of sulfone groups is 1. The lowest BCUT2D eigenvalue weighted by molar-refractivity contribution is -0.242. The molecule has 0 bridgehead atoms. The molecule has 1 amide bonds. The number of hydrogen-bond acceptors (Lipinski definition) is 5. The molecule has 0 aliphatic carbocycles. The number of carbonyl (C=O) groups is 1. The number of benzene rings is 2. The van der Waals surface area contributed by atoms with Gasteiger partial charge in [0.25, 0.3) is 5.91 Å². The Hall–Kier alpha value is -1.75. The van der Waals surface area contributed by atoms with Gasteiger partial charge < -0.3 is 10.4 Å². The summed E-state index contributed by atoms with van der Waals surface area (Å²) in [6, 6.07) is 9.48. The van der Waals surface area contributed by atoms with Gasteiger partial charge in [-0.3, -0.25) is 4.79 Å². The Morgan fingerprint density at radius 1 is 1.18 bits per heavy atom. The molecule has 0 saturated heterocycles. The van der Waals surface area contributed by atoms with Crippen molar-refractivity contribution in [2.24, 2.45) is 0 Å². The molecular formula is C17H15ClF3NO4S2. The largest absolute Gasteiger partial charge is 0.426 e. The number of carbonyl (C=O) groups excluding carboxylic acids is 1. The summed E-state index contributed by atoms with van der Waals surface area (Å²) in [7, 11) is -3.95. The Bertz CT molecular complexity index is 1010. The van der Waals surface area contributed by atoms with Crippen LogP contribution in [0.15, 0.2) is 57.2 Å². The molecule has 1 atom stereocenters. The molecule has 2 aromatic rings. The minimum absolute atomic E-state index is 0.0513. The fourth-order valence-corrected chi connectivity index (χ4v) is 4.83. The number of alkyl halides is 3. The number of rotatable bonds is 5. The average Bonchev–Trinajstić information content (AvgIpc) is 2.62. The highest BCUT2D eigenvalue weighted by atomic mass is 35.5. The van der Waals surface area contributed by atoms with E-state index in [4.69, 9.17) is 11.6 Å². The topological polar surface area (TPSA) is 83.5 Å². The lowest BCUT2D eigenvalue weighted by Crippen LogP contribution is -2.52. The molecule has 0 heterocycles. The molecule has 0 fully saturated rings. The first-order chi connectivity index (χ1) is 12.8. The van der Waals surface area contributed by atoms with Gasteiger partial charge in [-0.1, -0.05) is 23.7 Å². The van der Waals surface area contributed by atoms with Crippen molar-refractivity contribution in [3.63, 3.8) is 0 Å². The predicted molar refractivity (Wildman–Crippen MR) is 100 cm³/mol. The molecule has 11 heteroatoms. The van der Waals surface area contributed by atoms with E-state index in [0.29, 0.717) is 11.8 Å². The summed E-state index contributed by atoms with van der Waals surface area (Å²) in [5, 5.41) is 10.9. The van der Waals surface area contributed by atoms with E-state index in [-0.39, 0.29) is 20.5 Å². The van der Waals surface area contributed by atoms with Crippen LogP contribution in [0.5, 0.6) is 0 Å². The standard InChI is InChI=1S/C17H15ClF3NO4S2/c1-16(24,17(19,20)21)15(23)22-12-8-7-10(9-11(12)18)28(25,26)14-6-4-3-5-13(14)27-2/h3-9,24H,1-2H3,(H,22,23). The number of aliphatic hydroxyl groups is 1. The number of nitrogens with one attached hydrogen (secondary N) is 1. The van der Waals surface area contributed by atoms with Crippen LogP contribution in [0.1, 0.15) is 6.92 Å². The number of anilines is 1. The first-order valence-corrected chi connectivity index (χ1v) is 10.7. The van der Waals surface area contributed by atoms with Crippen molar-refractivity contribution in [1.29, 1.82) is 0 Å². The van der Waals surface area contributed by atoms with Gasteiger partial charge in [0, 0.05) is 4.90 Å². The molecule has 0 aliphatic rings. The second kappa shape index (κ2) is 7.94. The maximum atomic E-state index is 12.8. The van der Waals surface area contributed by atoms with E-state index < -0.39 is 27.5 Å². The Morgan fingerprint density at radius 3 is 2.32 bits per heavy atom. The quantitative estimate of drug-likeness (QED) is 0.664. The monoisotopic (exact) mass is 453 g/mol. The van der Waals surface area contributed by atoms with Crippen molar-refractivity contribution in [1.82, 2.24) is 0 Å². The van der Waals surface area contributed by atoms with E-state index in [0.717, 1.165) is 18.2 Å². The van der Waals surface area contributed by atoms with Crippen molar-refractivity contribution < 1.29 is 31.5 Å². The first-order valence-electron chi connectivity index (χ1n) is 7.60. The summed E-state index contributed by atoms with van der Waals surface area (Å²) >= 11 is 7.19. The van der Waals surface area contributed by atoms with Gasteiger partial charge in [-0.15, -0.1) is 11.8 Å². The number of halogens is 4. The average molecular weight is 454 g/mol. The fourth-order valence-electron chi connectivity index (χ4n) is 2.10. The Balaban J connectivity index is 2.38. The molecular weight excluding hydrogens is 439 g/mol. The maximum Gasteiger partial charge on any atom is 0.426 e. The molecule has 2 N–H and O–H groups in total. The lowest BCUT2D eigenvalue weighted by Gasteiger charge is -2.25. The van der Waals surface area contributed by atoms with Crippen LogP contribution < -0.4 is 5.32 Å². The van der Waals surface area contributed by atoms with Crippen LogP contribution in [-0.4, -0.2) is 37.5 Å². The highest BCUT2D eigenvalue weighted by Crippen LogP contribution is 2.34. The SMILES string of the molecule is CSc1ccccc1S(=O)(=O)c1ccc(NC(=O)C(C)(O)C(F)(F)F)c(Cl)c1. The number of thioether (sulfide) groups is 1. The summed E-state index contributed by atoms with van der Waals surface area (Å²) in [4.78, 5) is 12.1. The molecule has 2 rings (SSSR count). The van der Waals surface area contributed by atoms with Gasteiger partial charge >= 0.3 is 6.18 Å². The Kier molecular flexibility index (Phi) is 6.39. The van der Waals surface area contributed by atoms with E-state index >= 15 is 0 Å². The fraction of sp³-hybridized carbons (Fsp3) is 0.235. The Morgan fingerprint density at radius 2 is 1.79 bits per heavy atom. The summed E-state index contributed by atoms with van der Waals surface area (Å²) in [6.07, 6.45) is -3.49. The zero-order valence-electron chi connectivity index (χ0n) is 14.5. The van der Waals surface area contributed by atoms with E-state index in [1.165, 1.54) is 17.8 Å². The third-order valence-electron chi connectivity index (χ3n) is 3.85. The summed E-state index contributed by atoms with van der Waals surface area (Å²) in [5.74, 6) is -1.75. The van der Waals surface area contributed by atoms with E-state index in [9.17, 15) is 31.5 Å². The van der Waals surface area contributed by atoms with Gasteiger partial charge in [-0.2, -0.15) is 13.2 Å². The van der Waals surface area contributed by atoms with Crippen molar-refractivity contribution in [3.8, 4) is 0 Å². The van der Waals surface area contributed by atoms with Crippen molar-refractivity contribution in [2.45, 2.75) is 33.4 Å². The van der Waals surface area contributed by atoms with Crippen molar-refractivity contribution in [3.05, 3.63) is 47.5 Å². The van der Waals surface area contributed by atoms with Crippen LogP contribution in [0.25, 0.3) is 0 Å². The van der Waals surface area contributed by atoms with E-state index in [1.807, 2.05) is 5.32 Å². The molecule has 152 valence electrons. The van der Waals surface area contributed by atoms with Gasteiger partial charge in [0.15, 0.2) is 0 Å². The van der Waals surface area contributed by atoms with Gasteiger partial charge in [0.1, 0.15) is 0 Å². The van der Waals surface area contributed by atoms with Gasteiger partial charge in [-0.25, -0.2) is 8.42 Å². The third-order valence-corrected chi connectivity index (χ3v) is 6.90.